The average Bonchev–Trinajstić information content (AvgIpc) is 2.77. The second-order valence-corrected chi connectivity index (χ2v) is 5.67. The Morgan fingerprint density at radius 2 is 2.21 bits per heavy atom. The number of carbonyl (C=O) groups is 1. The van der Waals surface area contributed by atoms with Gasteiger partial charge in [-0.05, 0) is 19.1 Å². The molecule has 1 aromatic heterocycles. The van der Waals surface area contributed by atoms with Crippen molar-refractivity contribution in [3.63, 3.8) is 0 Å². The number of aldehydes is 1. The first kappa shape index (κ1) is 14.3. The summed E-state index contributed by atoms with van der Waals surface area (Å²) in [6, 6.07) is 3.09. The van der Waals surface area contributed by atoms with Crippen molar-refractivity contribution < 1.29 is 9.53 Å². The van der Waals surface area contributed by atoms with E-state index in [1.54, 1.807) is 22.9 Å². The van der Waals surface area contributed by atoms with Crippen molar-refractivity contribution in [2.75, 3.05) is 6.61 Å². The Kier molecular flexibility index (Phi) is 4.80. The number of aromatic nitrogens is 1. The summed E-state index contributed by atoms with van der Waals surface area (Å²) in [5.74, 6) is 0.378. The summed E-state index contributed by atoms with van der Waals surface area (Å²) < 4.78 is 5.60. The molecule has 0 fully saturated rings. The summed E-state index contributed by atoms with van der Waals surface area (Å²) in [6.45, 7) is 2.39. The van der Waals surface area contributed by atoms with Crippen LogP contribution in [0.1, 0.15) is 20.9 Å². The van der Waals surface area contributed by atoms with Gasteiger partial charge in [0, 0.05) is 16.3 Å². The summed E-state index contributed by atoms with van der Waals surface area (Å²) in [4.78, 5) is 16.3. The van der Waals surface area contributed by atoms with Gasteiger partial charge in [0.25, 0.3) is 0 Å². The highest BCUT2D eigenvalue weighted by Crippen LogP contribution is 2.31. The second kappa shape index (κ2) is 6.37. The molecule has 0 unspecified atom stereocenters. The van der Waals surface area contributed by atoms with E-state index in [4.69, 9.17) is 27.9 Å². The first-order chi connectivity index (χ1) is 9.11. The topological polar surface area (TPSA) is 39.2 Å². The number of ether oxygens (including phenoxy) is 1. The molecule has 0 bridgehead atoms. The van der Waals surface area contributed by atoms with Crippen LogP contribution in [0.15, 0.2) is 17.6 Å². The molecule has 1 aromatic carbocycles. The maximum Gasteiger partial charge on any atom is 0.153 e. The van der Waals surface area contributed by atoms with Crippen molar-refractivity contribution in [2.24, 2.45) is 0 Å². The fraction of sp³-hybridized carbons (Fsp3) is 0.231. The highest BCUT2D eigenvalue weighted by molar-refractivity contribution is 7.09. The van der Waals surface area contributed by atoms with Gasteiger partial charge >= 0.3 is 0 Å². The van der Waals surface area contributed by atoms with E-state index in [1.165, 1.54) is 6.07 Å². The number of carbonyl (C=O) groups excluding carboxylic acids is 1. The van der Waals surface area contributed by atoms with Crippen molar-refractivity contribution in [3.8, 4) is 5.75 Å². The molecule has 0 aliphatic rings. The quantitative estimate of drug-likeness (QED) is 0.776. The molecule has 0 saturated carbocycles. The minimum atomic E-state index is 0.343. The van der Waals surface area contributed by atoms with Crippen LogP contribution in [0.5, 0.6) is 5.75 Å². The zero-order valence-electron chi connectivity index (χ0n) is 10.2. The molecule has 100 valence electrons. The number of rotatable bonds is 5. The van der Waals surface area contributed by atoms with E-state index in [0.717, 1.165) is 17.0 Å². The third-order valence-corrected chi connectivity index (χ3v) is 4.08. The van der Waals surface area contributed by atoms with Gasteiger partial charge in [-0.25, -0.2) is 4.98 Å². The highest BCUT2D eigenvalue weighted by atomic mass is 35.5. The summed E-state index contributed by atoms with van der Waals surface area (Å²) in [5.41, 5.74) is 3.17. The standard InChI is InChI=1S/C13H11Cl2NO2S/c1-8-12(19-7-16-8)2-3-18-13-9(6-17)4-10(14)5-11(13)15/h4-7H,2-3H2,1H3. The predicted octanol–water partition coefficient (Wildman–Crippen LogP) is 4.19. The number of aryl methyl sites for hydroxylation is 1. The number of halogens is 2. The van der Waals surface area contributed by atoms with Crippen molar-refractivity contribution >= 4 is 40.8 Å². The van der Waals surface area contributed by atoms with Gasteiger partial charge in [-0.15, -0.1) is 11.3 Å². The molecular weight excluding hydrogens is 305 g/mol. The van der Waals surface area contributed by atoms with Gasteiger partial charge in [0.1, 0.15) is 5.75 Å². The smallest absolute Gasteiger partial charge is 0.153 e. The van der Waals surface area contributed by atoms with Crippen molar-refractivity contribution in [1.29, 1.82) is 0 Å². The fourth-order valence-electron chi connectivity index (χ4n) is 1.63. The molecule has 0 saturated heterocycles. The zero-order chi connectivity index (χ0) is 13.8. The van der Waals surface area contributed by atoms with E-state index in [2.05, 4.69) is 4.98 Å². The summed E-state index contributed by atoms with van der Waals surface area (Å²) in [6.07, 6.45) is 1.42. The van der Waals surface area contributed by atoms with E-state index in [9.17, 15) is 4.79 Å². The largest absolute Gasteiger partial charge is 0.491 e. The van der Waals surface area contributed by atoms with Crippen LogP contribution in [0.2, 0.25) is 10.0 Å². The van der Waals surface area contributed by atoms with Crippen molar-refractivity contribution in [3.05, 3.63) is 43.8 Å². The minimum absolute atomic E-state index is 0.343. The molecule has 1 heterocycles. The van der Waals surface area contributed by atoms with Gasteiger partial charge in [-0.2, -0.15) is 0 Å². The van der Waals surface area contributed by atoms with Crippen LogP contribution < -0.4 is 4.74 Å². The van der Waals surface area contributed by atoms with Crippen LogP contribution in [-0.4, -0.2) is 17.9 Å². The molecule has 0 aliphatic heterocycles. The molecule has 3 nitrogen and oxygen atoms in total. The molecule has 0 aliphatic carbocycles. The number of benzene rings is 1. The molecule has 6 heteroatoms. The van der Waals surface area contributed by atoms with E-state index in [0.29, 0.717) is 34.3 Å². The minimum Gasteiger partial charge on any atom is -0.491 e. The lowest BCUT2D eigenvalue weighted by molar-refractivity contribution is 0.111. The SMILES string of the molecule is Cc1ncsc1CCOc1c(Cl)cc(Cl)cc1C=O. The van der Waals surface area contributed by atoms with Crippen molar-refractivity contribution in [1.82, 2.24) is 4.98 Å². The maximum absolute atomic E-state index is 11.0. The lowest BCUT2D eigenvalue weighted by Gasteiger charge is -2.10. The Hall–Kier alpha value is -1.10. The van der Waals surface area contributed by atoms with Crippen LogP contribution in [0, 0.1) is 6.92 Å². The molecule has 0 radical (unpaired) electrons. The van der Waals surface area contributed by atoms with Gasteiger partial charge in [0.15, 0.2) is 6.29 Å². The highest BCUT2D eigenvalue weighted by Gasteiger charge is 2.11. The Morgan fingerprint density at radius 1 is 1.42 bits per heavy atom. The Balaban J connectivity index is 2.07. The molecule has 2 aromatic rings. The van der Waals surface area contributed by atoms with E-state index < -0.39 is 0 Å². The fourth-order valence-corrected chi connectivity index (χ4v) is 2.96. The van der Waals surface area contributed by atoms with Crippen LogP contribution in [0.3, 0.4) is 0 Å². The summed E-state index contributed by atoms with van der Waals surface area (Å²) in [7, 11) is 0. The molecule has 0 spiro atoms. The lowest BCUT2D eigenvalue weighted by Crippen LogP contribution is -2.04. The monoisotopic (exact) mass is 315 g/mol. The Morgan fingerprint density at radius 3 is 2.84 bits per heavy atom. The van der Waals surface area contributed by atoms with Crippen LogP contribution >= 0.6 is 34.5 Å². The summed E-state index contributed by atoms with van der Waals surface area (Å²) >= 11 is 13.4. The normalized spacial score (nSPS) is 10.5. The molecule has 19 heavy (non-hydrogen) atoms. The Labute approximate surface area is 125 Å². The van der Waals surface area contributed by atoms with Crippen molar-refractivity contribution in [2.45, 2.75) is 13.3 Å². The third-order valence-electron chi connectivity index (χ3n) is 2.58. The molecular formula is C13H11Cl2NO2S. The first-order valence-electron chi connectivity index (χ1n) is 5.58. The number of hydrogen-bond acceptors (Lipinski definition) is 4. The average molecular weight is 316 g/mol. The lowest BCUT2D eigenvalue weighted by atomic mass is 10.2. The van der Waals surface area contributed by atoms with Crippen LogP contribution in [-0.2, 0) is 6.42 Å². The van der Waals surface area contributed by atoms with Gasteiger partial charge in [0.2, 0.25) is 0 Å². The van der Waals surface area contributed by atoms with Crippen LogP contribution in [0.25, 0.3) is 0 Å². The van der Waals surface area contributed by atoms with Gasteiger partial charge in [-0.1, -0.05) is 23.2 Å². The predicted molar refractivity (Wildman–Crippen MR) is 77.9 cm³/mol. The maximum atomic E-state index is 11.0. The Bertz CT molecular complexity index is 598. The van der Waals surface area contributed by atoms with E-state index >= 15 is 0 Å². The van der Waals surface area contributed by atoms with Gasteiger partial charge < -0.3 is 4.74 Å². The zero-order valence-corrected chi connectivity index (χ0v) is 12.5. The third kappa shape index (κ3) is 3.47. The second-order valence-electron chi connectivity index (χ2n) is 3.88. The van der Waals surface area contributed by atoms with Crippen LogP contribution in [0.4, 0.5) is 0 Å². The van der Waals surface area contributed by atoms with Gasteiger partial charge in [-0.3, -0.25) is 4.79 Å². The molecule has 2 rings (SSSR count). The number of nitrogens with zero attached hydrogens (tertiary/aromatic N) is 1. The molecule has 0 amide bonds. The number of hydrogen-bond donors (Lipinski definition) is 0. The first-order valence-corrected chi connectivity index (χ1v) is 7.21. The molecule has 0 N–H and O–H groups in total. The van der Waals surface area contributed by atoms with E-state index in [-0.39, 0.29) is 0 Å². The van der Waals surface area contributed by atoms with E-state index in [1.807, 2.05) is 6.92 Å². The molecule has 0 atom stereocenters. The van der Waals surface area contributed by atoms with Gasteiger partial charge in [0.05, 0.1) is 28.4 Å². The summed E-state index contributed by atoms with van der Waals surface area (Å²) in [5, 5.41) is 0.758. The number of thiazole rings is 1.